The molecule has 1 fully saturated rings. The number of hydrogen-bond acceptors (Lipinski definition) is 3. The zero-order valence-corrected chi connectivity index (χ0v) is 12.9. The van der Waals surface area contributed by atoms with Crippen molar-refractivity contribution in [3.8, 4) is 0 Å². The van der Waals surface area contributed by atoms with Crippen LogP contribution in [-0.2, 0) is 6.54 Å². The monoisotopic (exact) mass is 308 g/mol. The van der Waals surface area contributed by atoms with E-state index >= 15 is 0 Å². The number of carbonyl (C=O) groups excluding carboxylic acids is 1. The molecule has 0 N–H and O–H groups in total. The predicted molar refractivity (Wildman–Crippen MR) is 89.0 cm³/mol. The topological polar surface area (TPSA) is 33.2 Å². The number of pyridine rings is 1. The van der Waals surface area contributed by atoms with Crippen molar-refractivity contribution in [2.24, 2.45) is 0 Å². The molecule has 0 spiro atoms. The lowest BCUT2D eigenvalue weighted by atomic mass is 10.2. The molecule has 0 radical (unpaired) electrons. The average Bonchev–Trinajstić information content (AvgIpc) is 3.30. The number of benzene rings is 1. The maximum absolute atomic E-state index is 12.9. The maximum atomic E-state index is 12.9. The molecule has 1 aliphatic carbocycles. The van der Waals surface area contributed by atoms with Crippen molar-refractivity contribution in [2.45, 2.75) is 25.4 Å². The number of fused-ring (bicyclic) bond motifs is 1. The van der Waals surface area contributed by atoms with Crippen molar-refractivity contribution < 1.29 is 4.79 Å². The van der Waals surface area contributed by atoms with Crippen LogP contribution in [0.15, 0.2) is 54.9 Å². The van der Waals surface area contributed by atoms with Gasteiger partial charge in [0.25, 0.3) is 5.91 Å². The number of nitrogens with zero attached hydrogens (tertiary/aromatic N) is 2. The highest BCUT2D eigenvalue weighted by Gasteiger charge is 2.33. The molecule has 0 bridgehead atoms. The van der Waals surface area contributed by atoms with E-state index in [1.807, 2.05) is 35.2 Å². The Morgan fingerprint density at radius 3 is 2.68 bits per heavy atom. The zero-order valence-electron chi connectivity index (χ0n) is 12.1. The molecule has 1 amide bonds. The van der Waals surface area contributed by atoms with E-state index in [-0.39, 0.29) is 5.91 Å². The second-order valence-electron chi connectivity index (χ2n) is 5.67. The van der Waals surface area contributed by atoms with E-state index in [4.69, 9.17) is 0 Å². The van der Waals surface area contributed by atoms with E-state index < -0.39 is 0 Å². The number of hydrogen-bond donors (Lipinski definition) is 0. The van der Waals surface area contributed by atoms with Crippen molar-refractivity contribution >= 4 is 27.3 Å². The maximum Gasteiger partial charge on any atom is 0.264 e. The molecule has 2 aromatic heterocycles. The highest BCUT2D eigenvalue weighted by atomic mass is 32.1. The first-order valence-electron chi connectivity index (χ1n) is 7.50. The van der Waals surface area contributed by atoms with Gasteiger partial charge in [-0.2, -0.15) is 0 Å². The molecular formula is C18H16N2OS. The summed E-state index contributed by atoms with van der Waals surface area (Å²) in [5.74, 6) is 0.153. The van der Waals surface area contributed by atoms with Gasteiger partial charge in [-0.25, -0.2) is 0 Å². The van der Waals surface area contributed by atoms with E-state index in [0.29, 0.717) is 12.6 Å². The van der Waals surface area contributed by atoms with Gasteiger partial charge in [0.05, 0.1) is 4.88 Å². The van der Waals surface area contributed by atoms with E-state index in [0.717, 1.165) is 28.7 Å². The normalized spacial score (nSPS) is 14.2. The van der Waals surface area contributed by atoms with Gasteiger partial charge in [-0.05, 0) is 48.1 Å². The first-order valence-corrected chi connectivity index (χ1v) is 8.31. The summed E-state index contributed by atoms with van der Waals surface area (Å²) >= 11 is 1.59. The Labute approximate surface area is 133 Å². The number of thiophene rings is 1. The molecule has 0 saturated heterocycles. The molecule has 1 aliphatic rings. The summed E-state index contributed by atoms with van der Waals surface area (Å²) in [5.41, 5.74) is 1.14. The molecule has 0 aliphatic heterocycles. The van der Waals surface area contributed by atoms with Crippen molar-refractivity contribution in [1.82, 2.24) is 9.88 Å². The van der Waals surface area contributed by atoms with Gasteiger partial charge >= 0.3 is 0 Å². The number of rotatable bonds is 4. The van der Waals surface area contributed by atoms with Crippen LogP contribution in [0.1, 0.15) is 28.1 Å². The second kappa shape index (κ2) is 5.54. The van der Waals surface area contributed by atoms with Gasteiger partial charge in [-0.3, -0.25) is 9.78 Å². The minimum absolute atomic E-state index is 0.153. The lowest BCUT2D eigenvalue weighted by Crippen LogP contribution is -2.32. The second-order valence-corrected chi connectivity index (χ2v) is 6.75. The molecule has 3 aromatic rings. The Morgan fingerprint density at radius 1 is 1.18 bits per heavy atom. The van der Waals surface area contributed by atoms with Gasteiger partial charge in [-0.15, -0.1) is 11.3 Å². The summed E-state index contributed by atoms with van der Waals surface area (Å²) in [4.78, 5) is 19.8. The number of carbonyl (C=O) groups is 1. The van der Waals surface area contributed by atoms with Crippen molar-refractivity contribution in [3.63, 3.8) is 0 Å². The molecule has 0 unspecified atom stereocenters. The number of aromatic nitrogens is 1. The zero-order chi connectivity index (χ0) is 14.9. The SMILES string of the molecule is O=C(c1cc2ccccc2s1)N(Cc1ccncc1)C1CC1. The fourth-order valence-electron chi connectivity index (χ4n) is 2.67. The molecule has 4 rings (SSSR count). The fourth-order valence-corrected chi connectivity index (χ4v) is 3.69. The third kappa shape index (κ3) is 2.62. The fraction of sp³-hybridized carbons (Fsp3) is 0.222. The van der Waals surface area contributed by atoms with E-state index in [9.17, 15) is 4.79 Å². The lowest BCUT2D eigenvalue weighted by molar-refractivity contribution is 0.0735. The largest absolute Gasteiger partial charge is 0.331 e. The first kappa shape index (κ1) is 13.5. The summed E-state index contributed by atoms with van der Waals surface area (Å²) in [7, 11) is 0. The molecule has 4 heteroatoms. The van der Waals surface area contributed by atoms with E-state index in [1.165, 1.54) is 4.70 Å². The van der Waals surface area contributed by atoms with Gasteiger partial charge in [0.15, 0.2) is 0 Å². The molecule has 22 heavy (non-hydrogen) atoms. The van der Waals surface area contributed by atoms with Gasteiger partial charge < -0.3 is 4.90 Å². The Kier molecular flexibility index (Phi) is 3.39. The van der Waals surface area contributed by atoms with Crippen LogP contribution in [0.2, 0.25) is 0 Å². The molecule has 1 aromatic carbocycles. The summed E-state index contributed by atoms with van der Waals surface area (Å²) in [6.07, 6.45) is 5.79. The summed E-state index contributed by atoms with van der Waals surface area (Å²) in [6.45, 7) is 0.667. The molecule has 110 valence electrons. The van der Waals surface area contributed by atoms with Gasteiger partial charge in [0, 0.05) is 29.7 Å². The Bertz CT molecular complexity index is 775. The highest BCUT2D eigenvalue weighted by molar-refractivity contribution is 7.20. The quantitative estimate of drug-likeness (QED) is 0.727. The van der Waals surface area contributed by atoms with Gasteiger partial charge in [0.2, 0.25) is 0 Å². The molecule has 2 heterocycles. The van der Waals surface area contributed by atoms with Crippen molar-refractivity contribution in [3.05, 3.63) is 65.3 Å². The molecule has 3 nitrogen and oxygen atoms in total. The highest BCUT2D eigenvalue weighted by Crippen LogP contribution is 2.32. The van der Waals surface area contributed by atoms with Crippen LogP contribution >= 0.6 is 11.3 Å². The van der Waals surface area contributed by atoms with Crippen LogP contribution in [0.4, 0.5) is 0 Å². The standard InChI is InChI=1S/C18H16N2OS/c21-18(17-11-14-3-1-2-4-16(14)22-17)20(15-5-6-15)12-13-7-9-19-10-8-13/h1-4,7-11,15H,5-6,12H2. The van der Waals surface area contributed by atoms with Crippen molar-refractivity contribution in [1.29, 1.82) is 0 Å². The predicted octanol–water partition coefficient (Wildman–Crippen LogP) is 4.10. The van der Waals surface area contributed by atoms with Crippen molar-refractivity contribution in [2.75, 3.05) is 0 Å². The van der Waals surface area contributed by atoms with Gasteiger partial charge in [0.1, 0.15) is 0 Å². The molecule has 1 saturated carbocycles. The van der Waals surface area contributed by atoms with Crippen LogP contribution in [0.5, 0.6) is 0 Å². The van der Waals surface area contributed by atoms with Crippen LogP contribution in [0.25, 0.3) is 10.1 Å². The summed E-state index contributed by atoms with van der Waals surface area (Å²) in [6, 6.07) is 14.5. The summed E-state index contributed by atoms with van der Waals surface area (Å²) in [5, 5.41) is 1.15. The molecule has 0 atom stereocenters. The van der Waals surface area contributed by atoms with E-state index in [2.05, 4.69) is 17.1 Å². The minimum Gasteiger partial charge on any atom is -0.331 e. The van der Waals surface area contributed by atoms with Crippen LogP contribution in [-0.4, -0.2) is 21.8 Å². The third-order valence-electron chi connectivity index (χ3n) is 3.99. The average molecular weight is 308 g/mol. The number of amides is 1. The van der Waals surface area contributed by atoms with Crippen LogP contribution in [0.3, 0.4) is 0 Å². The molecular weight excluding hydrogens is 292 g/mol. The Balaban J connectivity index is 1.63. The van der Waals surface area contributed by atoms with E-state index in [1.54, 1.807) is 23.7 Å². The Morgan fingerprint density at radius 2 is 1.95 bits per heavy atom. The van der Waals surface area contributed by atoms with Gasteiger partial charge in [-0.1, -0.05) is 18.2 Å². The third-order valence-corrected chi connectivity index (χ3v) is 5.09. The minimum atomic E-state index is 0.153. The van der Waals surface area contributed by atoms with Crippen LogP contribution in [0, 0.1) is 0 Å². The first-order chi connectivity index (χ1) is 10.8. The van der Waals surface area contributed by atoms with Crippen LogP contribution < -0.4 is 0 Å². The summed E-state index contributed by atoms with van der Waals surface area (Å²) < 4.78 is 1.17. The lowest BCUT2D eigenvalue weighted by Gasteiger charge is -2.21. The smallest absolute Gasteiger partial charge is 0.264 e. The Hall–Kier alpha value is -2.20.